The second kappa shape index (κ2) is 5.45. The van der Waals surface area contributed by atoms with Gasteiger partial charge in [0.1, 0.15) is 6.04 Å². The highest BCUT2D eigenvalue weighted by atomic mass is 32.2. The molecule has 1 amide bonds. The van der Waals surface area contributed by atoms with Crippen LogP contribution in [0.2, 0.25) is 0 Å². The number of nitrogens with one attached hydrogen (secondary N) is 1. The van der Waals surface area contributed by atoms with Crippen LogP contribution in [0.25, 0.3) is 0 Å². The number of amides is 1. The van der Waals surface area contributed by atoms with E-state index >= 15 is 0 Å². The summed E-state index contributed by atoms with van der Waals surface area (Å²) >= 11 is 1.68. The van der Waals surface area contributed by atoms with Gasteiger partial charge >= 0.3 is 0 Å². The van der Waals surface area contributed by atoms with Crippen molar-refractivity contribution in [2.45, 2.75) is 30.6 Å². The minimum atomic E-state index is -0.559. The number of rotatable bonds is 3. The van der Waals surface area contributed by atoms with Gasteiger partial charge < -0.3 is 5.32 Å². The fourth-order valence-electron chi connectivity index (χ4n) is 2.08. The summed E-state index contributed by atoms with van der Waals surface area (Å²) < 4.78 is -0.371. The molecule has 18 heavy (non-hydrogen) atoms. The Bertz CT molecular complexity index is 460. The Morgan fingerprint density at radius 3 is 2.78 bits per heavy atom. The van der Waals surface area contributed by atoms with Gasteiger partial charge in [0, 0.05) is 0 Å². The van der Waals surface area contributed by atoms with E-state index in [0.717, 1.165) is 24.2 Å². The summed E-state index contributed by atoms with van der Waals surface area (Å²) in [5.74, 6) is 0.993. The Hall–Kier alpha value is -1.47. The van der Waals surface area contributed by atoms with Crippen molar-refractivity contribution in [2.24, 2.45) is 0 Å². The van der Waals surface area contributed by atoms with Gasteiger partial charge in [-0.25, -0.2) is 0 Å². The standard InChI is InChI=1S/C14H16N2OS/c1-14(8-5-9-18-14)13(17)16-12(10-15)11-6-3-2-4-7-11/h2-4,6-7,12H,5,8-9H2,1H3,(H,16,17). The molecule has 2 rings (SSSR count). The van der Waals surface area contributed by atoms with Gasteiger partial charge in [-0.15, -0.1) is 11.8 Å². The number of nitriles is 1. The normalized spacial score (nSPS) is 24.2. The van der Waals surface area contributed by atoms with Crippen molar-refractivity contribution >= 4 is 17.7 Å². The van der Waals surface area contributed by atoms with Gasteiger partial charge in [0.2, 0.25) is 5.91 Å². The molecule has 94 valence electrons. The van der Waals surface area contributed by atoms with E-state index in [0.29, 0.717) is 0 Å². The second-order valence-corrected chi connectivity index (χ2v) is 6.23. The van der Waals surface area contributed by atoms with Crippen LogP contribution in [0.15, 0.2) is 30.3 Å². The van der Waals surface area contributed by atoms with Crippen molar-refractivity contribution in [3.05, 3.63) is 35.9 Å². The molecule has 1 heterocycles. The fraction of sp³-hybridized carbons (Fsp3) is 0.429. The maximum Gasteiger partial charge on any atom is 0.237 e. The van der Waals surface area contributed by atoms with Crippen LogP contribution < -0.4 is 5.32 Å². The molecule has 1 aromatic carbocycles. The van der Waals surface area contributed by atoms with Crippen molar-refractivity contribution in [1.29, 1.82) is 5.26 Å². The van der Waals surface area contributed by atoms with Crippen LogP contribution in [0.1, 0.15) is 31.4 Å². The molecule has 3 nitrogen and oxygen atoms in total. The van der Waals surface area contributed by atoms with E-state index < -0.39 is 6.04 Å². The van der Waals surface area contributed by atoms with E-state index in [-0.39, 0.29) is 10.7 Å². The highest BCUT2D eigenvalue weighted by molar-refractivity contribution is 8.01. The summed E-state index contributed by atoms with van der Waals surface area (Å²) in [6, 6.07) is 11.0. The Morgan fingerprint density at radius 2 is 2.22 bits per heavy atom. The largest absolute Gasteiger partial charge is 0.335 e. The van der Waals surface area contributed by atoms with Crippen LogP contribution in [-0.2, 0) is 4.79 Å². The molecule has 1 aromatic rings. The van der Waals surface area contributed by atoms with Crippen LogP contribution in [0.5, 0.6) is 0 Å². The Balaban J connectivity index is 2.08. The predicted octanol–water partition coefficient (Wildman–Crippen LogP) is 2.65. The lowest BCUT2D eigenvalue weighted by molar-refractivity contribution is -0.123. The van der Waals surface area contributed by atoms with E-state index in [1.165, 1.54) is 0 Å². The number of thioether (sulfide) groups is 1. The first-order valence-electron chi connectivity index (χ1n) is 6.05. The summed E-state index contributed by atoms with van der Waals surface area (Å²) in [6.45, 7) is 1.96. The molecule has 0 radical (unpaired) electrons. The maximum absolute atomic E-state index is 12.2. The number of hydrogen-bond acceptors (Lipinski definition) is 3. The topological polar surface area (TPSA) is 52.9 Å². The van der Waals surface area contributed by atoms with E-state index in [1.807, 2.05) is 37.3 Å². The highest BCUT2D eigenvalue weighted by Gasteiger charge is 2.38. The first kappa shape index (κ1) is 13.0. The Kier molecular flexibility index (Phi) is 3.93. The average Bonchev–Trinajstić information content (AvgIpc) is 2.85. The van der Waals surface area contributed by atoms with Gasteiger partial charge in [-0.1, -0.05) is 30.3 Å². The predicted molar refractivity (Wildman–Crippen MR) is 73.0 cm³/mol. The quantitative estimate of drug-likeness (QED) is 0.909. The molecular formula is C14H16N2OS. The lowest BCUT2D eigenvalue weighted by Crippen LogP contribution is -2.41. The Morgan fingerprint density at radius 1 is 1.50 bits per heavy atom. The molecule has 1 aliphatic heterocycles. The number of nitrogens with zero attached hydrogens (tertiary/aromatic N) is 1. The van der Waals surface area contributed by atoms with Crippen LogP contribution in [0.3, 0.4) is 0 Å². The van der Waals surface area contributed by atoms with E-state index in [2.05, 4.69) is 11.4 Å². The number of carbonyl (C=O) groups is 1. The molecule has 0 bridgehead atoms. The van der Waals surface area contributed by atoms with Crippen molar-refractivity contribution in [2.75, 3.05) is 5.75 Å². The lowest BCUT2D eigenvalue weighted by Gasteiger charge is -2.23. The van der Waals surface area contributed by atoms with E-state index in [9.17, 15) is 10.1 Å². The Labute approximate surface area is 112 Å². The van der Waals surface area contributed by atoms with E-state index in [1.54, 1.807) is 11.8 Å². The van der Waals surface area contributed by atoms with Gasteiger partial charge in [-0.2, -0.15) is 5.26 Å². The highest BCUT2D eigenvalue weighted by Crippen LogP contribution is 2.38. The van der Waals surface area contributed by atoms with Crippen LogP contribution in [0.4, 0.5) is 0 Å². The lowest BCUT2D eigenvalue weighted by atomic mass is 10.0. The van der Waals surface area contributed by atoms with Crippen LogP contribution in [0, 0.1) is 11.3 Å². The number of benzene rings is 1. The molecule has 0 aliphatic carbocycles. The number of carbonyl (C=O) groups excluding carboxylic acids is 1. The van der Waals surface area contributed by atoms with Crippen LogP contribution >= 0.6 is 11.8 Å². The molecule has 0 spiro atoms. The average molecular weight is 260 g/mol. The van der Waals surface area contributed by atoms with Gasteiger partial charge in [0.25, 0.3) is 0 Å². The molecule has 2 unspecified atom stereocenters. The summed E-state index contributed by atoms with van der Waals surface area (Å²) in [6.07, 6.45) is 1.95. The molecule has 1 fully saturated rings. The van der Waals surface area contributed by atoms with Gasteiger partial charge in [-0.3, -0.25) is 4.79 Å². The molecule has 0 aromatic heterocycles. The summed E-state index contributed by atoms with van der Waals surface area (Å²) in [4.78, 5) is 12.2. The molecule has 0 saturated carbocycles. The summed E-state index contributed by atoms with van der Waals surface area (Å²) in [7, 11) is 0. The first-order valence-corrected chi connectivity index (χ1v) is 7.04. The third-order valence-electron chi connectivity index (χ3n) is 3.24. The smallest absolute Gasteiger partial charge is 0.237 e. The zero-order valence-corrected chi connectivity index (χ0v) is 11.2. The SMILES string of the molecule is CC1(C(=O)NC(C#N)c2ccccc2)CCCS1. The third kappa shape index (κ3) is 2.68. The maximum atomic E-state index is 12.2. The fourth-order valence-corrected chi connectivity index (χ4v) is 3.30. The second-order valence-electron chi connectivity index (χ2n) is 4.63. The molecule has 4 heteroatoms. The van der Waals surface area contributed by atoms with Crippen molar-refractivity contribution in [1.82, 2.24) is 5.32 Å². The molecular weight excluding hydrogens is 244 g/mol. The monoisotopic (exact) mass is 260 g/mol. The van der Waals surface area contributed by atoms with Crippen molar-refractivity contribution in [3.8, 4) is 6.07 Å². The molecule has 2 atom stereocenters. The minimum Gasteiger partial charge on any atom is -0.335 e. The molecule has 1 aliphatic rings. The first-order chi connectivity index (χ1) is 8.65. The summed E-state index contributed by atoms with van der Waals surface area (Å²) in [5, 5.41) is 12.0. The molecule has 1 N–H and O–H groups in total. The third-order valence-corrected chi connectivity index (χ3v) is 4.76. The van der Waals surface area contributed by atoms with Gasteiger partial charge in [0.05, 0.1) is 10.8 Å². The minimum absolute atomic E-state index is 0.0274. The van der Waals surface area contributed by atoms with E-state index in [4.69, 9.17) is 0 Å². The van der Waals surface area contributed by atoms with Gasteiger partial charge in [-0.05, 0) is 31.1 Å². The summed E-state index contributed by atoms with van der Waals surface area (Å²) in [5.41, 5.74) is 0.833. The zero-order chi connectivity index (χ0) is 13.0. The van der Waals surface area contributed by atoms with Crippen molar-refractivity contribution < 1.29 is 4.79 Å². The zero-order valence-electron chi connectivity index (χ0n) is 10.3. The van der Waals surface area contributed by atoms with Crippen LogP contribution in [-0.4, -0.2) is 16.4 Å². The number of hydrogen-bond donors (Lipinski definition) is 1. The van der Waals surface area contributed by atoms with Crippen molar-refractivity contribution in [3.63, 3.8) is 0 Å². The molecule has 1 saturated heterocycles. The van der Waals surface area contributed by atoms with Gasteiger partial charge in [0.15, 0.2) is 0 Å².